The van der Waals surface area contributed by atoms with E-state index in [4.69, 9.17) is 4.74 Å². The van der Waals surface area contributed by atoms with Crippen molar-refractivity contribution in [2.45, 2.75) is 26.8 Å². The molecule has 0 aliphatic carbocycles. The molecule has 0 aromatic heterocycles. The Balaban J connectivity index is 0.00000190. The molecule has 2 aromatic rings. The minimum atomic E-state index is -0.715. The smallest absolute Gasteiger partial charge is 0.244 e. The summed E-state index contributed by atoms with van der Waals surface area (Å²) >= 11 is 0. The van der Waals surface area contributed by atoms with E-state index in [0.717, 1.165) is 29.1 Å². The maximum atomic E-state index is 13.6. The molecule has 1 atom stereocenters. The monoisotopic (exact) mass is 390 g/mol. The van der Waals surface area contributed by atoms with E-state index in [1.54, 1.807) is 7.11 Å². The van der Waals surface area contributed by atoms with Crippen LogP contribution >= 0.6 is 0 Å². The first-order valence-electron chi connectivity index (χ1n) is 9.10. The third-order valence-electron chi connectivity index (χ3n) is 3.92. The summed E-state index contributed by atoms with van der Waals surface area (Å²) in [7, 11) is 5.42. The number of nitrogens with one attached hydrogen (secondary N) is 1. The minimum Gasteiger partial charge on any atom is -0.495 e. The fourth-order valence-corrected chi connectivity index (χ4v) is 2.47. The number of benzene rings is 2. The first kappa shape index (κ1) is 23.1. The molecule has 152 valence electrons. The Morgan fingerprint density at radius 1 is 1.14 bits per heavy atom. The highest BCUT2D eigenvalue weighted by Gasteiger charge is 2.12. The number of carbonyl (C=O) groups is 1. The highest BCUT2D eigenvalue weighted by molar-refractivity contribution is 5.92. The van der Waals surface area contributed by atoms with E-state index in [0.29, 0.717) is 0 Å². The van der Waals surface area contributed by atoms with E-state index < -0.39 is 11.6 Å². The van der Waals surface area contributed by atoms with Gasteiger partial charge < -0.3 is 15.0 Å². The first-order valence-corrected chi connectivity index (χ1v) is 9.10. The molecule has 4 nitrogen and oxygen atoms in total. The fourth-order valence-electron chi connectivity index (χ4n) is 2.47. The molecule has 0 saturated carbocycles. The van der Waals surface area contributed by atoms with Gasteiger partial charge in [-0.3, -0.25) is 4.79 Å². The Hall–Kier alpha value is -2.89. The highest BCUT2D eigenvalue weighted by Crippen LogP contribution is 2.30. The highest BCUT2D eigenvalue weighted by atomic mass is 19.1. The van der Waals surface area contributed by atoms with Crippen molar-refractivity contribution in [1.29, 1.82) is 0 Å². The third kappa shape index (κ3) is 6.37. The Morgan fingerprint density at radius 2 is 1.82 bits per heavy atom. The van der Waals surface area contributed by atoms with Crippen molar-refractivity contribution in [3.8, 4) is 5.75 Å². The molecule has 0 radical (unpaired) electrons. The number of carbonyl (C=O) groups excluding carboxylic acids is 1. The van der Waals surface area contributed by atoms with Gasteiger partial charge >= 0.3 is 0 Å². The number of amides is 1. The molecule has 28 heavy (non-hydrogen) atoms. The van der Waals surface area contributed by atoms with Crippen molar-refractivity contribution < 1.29 is 18.3 Å². The zero-order chi connectivity index (χ0) is 21.3. The predicted molar refractivity (Wildman–Crippen MR) is 111 cm³/mol. The van der Waals surface area contributed by atoms with Gasteiger partial charge in [-0.05, 0) is 42.8 Å². The minimum absolute atomic E-state index is 0.147. The molecule has 6 heteroatoms. The number of rotatable bonds is 6. The predicted octanol–water partition coefficient (Wildman–Crippen LogP) is 4.96. The van der Waals surface area contributed by atoms with E-state index in [-0.39, 0.29) is 17.5 Å². The standard InChI is InChI=1S/C20H22F2N2O2.C2H6/c1-13(15-6-9-19(26-4)18(11-15)24(2)3)23-20(25)10-7-14-5-8-16(21)12-17(14)22;1-2/h5-13H,1-4H3,(H,23,25);1-2H3/b10-7+;. The molecule has 0 saturated heterocycles. The summed E-state index contributed by atoms with van der Waals surface area (Å²) in [4.78, 5) is 14.0. The lowest BCUT2D eigenvalue weighted by atomic mass is 10.1. The summed E-state index contributed by atoms with van der Waals surface area (Å²) in [6.07, 6.45) is 2.54. The van der Waals surface area contributed by atoms with Gasteiger partial charge in [0.2, 0.25) is 5.91 Å². The van der Waals surface area contributed by atoms with Gasteiger partial charge in [-0.15, -0.1) is 0 Å². The number of nitrogens with zero attached hydrogens (tertiary/aromatic N) is 1. The normalized spacial score (nSPS) is 11.4. The van der Waals surface area contributed by atoms with Crippen molar-refractivity contribution >= 4 is 17.7 Å². The maximum Gasteiger partial charge on any atom is 0.244 e. The molecule has 0 heterocycles. The largest absolute Gasteiger partial charge is 0.495 e. The molecule has 1 N–H and O–H groups in total. The maximum absolute atomic E-state index is 13.6. The lowest BCUT2D eigenvalue weighted by Gasteiger charge is -2.20. The summed E-state index contributed by atoms with van der Waals surface area (Å²) < 4.78 is 31.8. The van der Waals surface area contributed by atoms with Crippen molar-refractivity contribution in [2.75, 3.05) is 26.1 Å². The third-order valence-corrected chi connectivity index (χ3v) is 3.92. The van der Waals surface area contributed by atoms with E-state index >= 15 is 0 Å². The summed E-state index contributed by atoms with van der Waals surface area (Å²) in [6.45, 7) is 5.85. The number of methoxy groups -OCH3 is 1. The van der Waals surface area contributed by atoms with Crippen LogP contribution in [0.25, 0.3) is 6.08 Å². The molecule has 0 fully saturated rings. The lowest BCUT2D eigenvalue weighted by molar-refractivity contribution is -0.117. The fraction of sp³-hybridized carbons (Fsp3) is 0.318. The van der Waals surface area contributed by atoms with Crippen LogP contribution in [-0.4, -0.2) is 27.1 Å². The Labute approximate surface area is 165 Å². The molecule has 2 aromatic carbocycles. The van der Waals surface area contributed by atoms with Crippen LogP contribution in [0.4, 0.5) is 14.5 Å². The second-order valence-corrected chi connectivity index (χ2v) is 6.06. The molecule has 2 rings (SSSR count). The van der Waals surface area contributed by atoms with Crippen LogP contribution in [0.5, 0.6) is 5.75 Å². The second kappa shape index (κ2) is 11.1. The van der Waals surface area contributed by atoms with Crippen LogP contribution in [0, 0.1) is 11.6 Å². The topological polar surface area (TPSA) is 41.6 Å². The van der Waals surface area contributed by atoms with Gasteiger partial charge in [0.1, 0.15) is 17.4 Å². The quantitative estimate of drug-likeness (QED) is 0.709. The Morgan fingerprint density at radius 3 is 2.39 bits per heavy atom. The SMILES string of the molecule is CC.COc1ccc(C(C)NC(=O)/C=C/c2ccc(F)cc2F)cc1N(C)C. The van der Waals surface area contributed by atoms with E-state index in [9.17, 15) is 13.6 Å². The van der Waals surface area contributed by atoms with Gasteiger partial charge in [0, 0.05) is 31.8 Å². The second-order valence-electron chi connectivity index (χ2n) is 6.06. The number of hydrogen-bond acceptors (Lipinski definition) is 3. The van der Waals surface area contributed by atoms with Gasteiger partial charge in [0.25, 0.3) is 0 Å². The number of anilines is 1. The Kier molecular flexibility index (Phi) is 9.15. The number of halogens is 2. The summed E-state index contributed by atoms with van der Waals surface area (Å²) in [5.41, 5.74) is 1.95. The van der Waals surface area contributed by atoms with Gasteiger partial charge in [-0.25, -0.2) is 8.78 Å². The lowest BCUT2D eigenvalue weighted by Crippen LogP contribution is -2.25. The van der Waals surface area contributed by atoms with Crippen molar-refractivity contribution in [2.24, 2.45) is 0 Å². The van der Waals surface area contributed by atoms with Gasteiger partial charge in [0.15, 0.2) is 0 Å². The number of hydrogen-bond donors (Lipinski definition) is 1. The molecule has 0 spiro atoms. The molecule has 0 aliphatic heterocycles. The molecule has 0 aliphatic rings. The molecule has 1 amide bonds. The van der Waals surface area contributed by atoms with Gasteiger partial charge in [0.05, 0.1) is 18.8 Å². The zero-order valence-electron chi connectivity index (χ0n) is 17.2. The molecule has 1 unspecified atom stereocenters. The van der Waals surface area contributed by atoms with E-state index in [2.05, 4.69) is 5.32 Å². The molecular weight excluding hydrogens is 362 g/mol. The van der Waals surface area contributed by atoms with Crippen molar-refractivity contribution in [1.82, 2.24) is 5.32 Å². The zero-order valence-corrected chi connectivity index (χ0v) is 17.2. The molecular formula is C22H28F2N2O2. The summed E-state index contributed by atoms with van der Waals surface area (Å²) in [5.74, 6) is -1.01. The van der Waals surface area contributed by atoms with Gasteiger partial charge in [-0.1, -0.05) is 19.9 Å². The first-order chi connectivity index (χ1) is 13.3. The number of ether oxygens (including phenoxy) is 1. The van der Waals surface area contributed by atoms with Crippen molar-refractivity contribution in [3.05, 3.63) is 65.2 Å². The average Bonchev–Trinajstić information content (AvgIpc) is 2.68. The van der Waals surface area contributed by atoms with Crippen LogP contribution in [0.1, 0.15) is 37.9 Å². The van der Waals surface area contributed by atoms with E-state index in [1.807, 2.05) is 58.0 Å². The summed E-state index contributed by atoms with van der Waals surface area (Å²) in [6, 6.07) is 8.61. The van der Waals surface area contributed by atoms with E-state index in [1.165, 1.54) is 18.2 Å². The Bertz CT molecular complexity index is 820. The average molecular weight is 390 g/mol. The van der Waals surface area contributed by atoms with Crippen LogP contribution in [-0.2, 0) is 4.79 Å². The van der Waals surface area contributed by atoms with Crippen LogP contribution < -0.4 is 15.0 Å². The van der Waals surface area contributed by atoms with Crippen LogP contribution in [0.15, 0.2) is 42.5 Å². The summed E-state index contributed by atoms with van der Waals surface area (Å²) in [5, 5.41) is 2.82. The van der Waals surface area contributed by atoms with Crippen LogP contribution in [0.3, 0.4) is 0 Å². The molecule has 0 bridgehead atoms. The van der Waals surface area contributed by atoms with Gasteiger partial charge in [-0.2, -0.15) is 0 Å². The van der Waals surface area contributed by atoms with Crippen molar-refractivity contribution in [3.63, 3.8) is 0 Å². The van der Waals surface area contributed by atoms with Crippen LogP contribution in [0.2, 0.25) is 0 Å².